The molecule has 7 aromatic rings. The number of pyridine rings is 2. The zero-order valence-corrected chi connectivity index (χ0v) is 34.0. The summed E-state index contributed by atoms with van der Waals surface area (Å²) in [4.78, 5) is 33.9. The van der Waals surface area contributed by atoms with Crippen LogP contribution in [0.25, 0.3) is 32.9 Å². The summed E-state index contributed by atoms with van der Waals surface area (Å²) in [6.45, 7) is 2.10. The van der Waals surface area contributed by atoms with E-state index in [1.807, 2.05) is 31.6 Å². The lowest BCUT2D eigenvalue weighted by molar-refractivity contribution is 0.0590. The molecule has 4 aromatic heterocycles. The number of fused-ring (bicyclic) bond motifs is 2. The number of aryl methyl sites for hydroxylation is 3. The van der Waals surface area contributed by atoms with E-state index in [1.54, 1.807) is 0 Å². The zero-order valence-electron chi connectivity index (χ0n) is 32.4. The van der Waals surface area contributed by atoms with Crippen molar-refractivity contribution in [3.05, 3.63) is 152 Å². The van der Waals surface area contributed by atoms with Crippen LogP contribution in [0.15, 0.2) is 102 Å². The first-order valence-corrected chi connectivity index (χ1v) is 19.9. The highest BCUT2D eigenvalue weighted by atomic mass is 79.9. The molecule has 2 saturated carbocycles. The molecular weight excluding hydrogens is 764 g/mol. The van der Waals surface area contributed by atoms with Gasteiger partial charge in [-0.3, -0.25) is 9.97 Å². The van der Waals surface area contributed by atoms with Gasteiger partial charge >= 0.3 is 11.9 Å². The summed E-state index contributed by atoms with van der Waals surface area (Å²) < 4.78 is 15.3. The van der Waals surface area contributed by atoms with E-state index in [1.165, 1.54) is 73.0 Å². The van der Waals surface area contributed by atoms with Gasteiger partial charge in [-0.1, -0.05) is 42.0 Å². The molecule has 284 valence electrons. The number of halogens is 1. The topological polar surface area (TPSA) is 88.2 Å². The summed E-state index contributed by atoms with van der Waals surface area (Å²) in [7, 11) is 6.95. The Morgan fingerprint density at radius 2 is 1.16 bits per heavy atom. The second kappa shape index (κ2) is 15.5. The van der Waals surface area contributed by atoms with Crippen molar-refractivity contribution in [2.75, 3.05) is 14.2 Å². The zero-order chi connectivity index (χ0) is 39.1. The molecule has 0 bridgehead atoms. The van der Waals surface area contributed by atoms with Crippen molar-refractivity contribution in [2.24, 2.45) is 14.1 Å². The number of benzene rings is 3. The largest absolute Gasteiger partial charge is 0.465 e. The van der Waals surface area contributed by atoms with Crippen LogP contribution in [0.4, 0.5) is 0 Å². The Morgan fingerprint density at radius 1 is 0.679 bits per heavy atom. The van der Waals surface area contributed by atoms with Gasteiger partial charge in [0, 0.05) is 83.6 Å². The fourth-order valence-electron chi connectivity index (χ4n) is 7.55. The first-order chi connectivity index (χ1) is 27.1. The van der Waals surface area contributed by atoms with Crippen LogP contribution in [-0.2, 0) is 36.4 Å². The van der Waals surface area contributed by atoms with Crippen LogP contribution >= 0.6 is 15.9 Å². The molecule has 9 rings (SSSR count). The van der Waals surface area contributed by atoms with E-state index in [4.69, 9.17) is 9.47 Å². The average molecular weight is 810 g/mol. The third kappa shape index (κ3) is 7.78. The summed E-state index contributed by atoms with van der Waals surface area (Å²) in [6.07, 6.45) is 14.0. The molecule has 9 heteroatoms. The van der Waals surface area contributed by atoms with Gasteiger partial charge in [-0.2, -0.15) is 0 Å². The molecule has 2 fully saturated rings. The lowest BCUT2D eigenvalue weighted by atomic mass is 9.99. The monoisotopic (exact) mass is 808 g/mol. The van der Waals surface area contributed by atoms with Crippen LogP contribution in [0, 0.1) is 6.92 Å². The van der Waals surface area contributed by atoms with E-state index in [-0.39, 0.29) is 11.9 Å². The van der Waals surface area contributed by atoms with E-state index < -0.39 is 0 Å². The third-order valence-corrected chi connectivity index (χ3v) is 11.7. The number of methoxy groups -OCH3 is 2. The molecule has 0 aliphatic heterocycles. The number of carbonyl (C=O) groups is 2. The number of hydrogen-bond donors (Lipinski definition) is 0. The quantitative estimate of drug-likeness (QED) is 0.135. The van der Waals surface area contributed by atoms with Crippen molar-refractivity contribution in [3.8, 4) is 11.1 Å². The minimum atomic E-state index is -0.314. The van der Waals surface area contributed by atoms with Gasteiger partial charge in [-0.15, -0.1) is 0 Å². The Balaban J connectivity index is 0.000000161. The van der Waals surface area contributed by atoms with Crippen LogP contribution in [0.3, 0.4) is 0 Å². The van der Waals surface area contributed by atoms with Crippen LogP contribution in [0.1, 0.15) is 97.4 Å². The van der Waals surface area contributed by atoms with Crippen molar-refractivity contribution >= 4 is 49.7 Å². The van der Waals surface area contributed by atoms with E-state index in [0.29, 0.717) is 35.8 Å². The Kier molecular flexibility index (Phi) is 10.4. The number of rotatable bonds is 9. The first kappa shape index (κ1) is 37.4. The maximum Gasteiger partial charge on any atom is 0.339 e. The third-order valence-electron chi connectivity index (χ3n) is 11.1. The smallest absolute Gasteiger partial charge is 0.339 e. The number of carbonyl (C=O) groups excluding carboxylic acids is 2. The fourth-order valence-corrected chi connectivity index (χ4v) is 8.18. The summed E-state index contributed by atoms with van der Waals surface area (Å²) in [5.41, 5.74) is 13.3. The number of hydrogen-bond acceptors (Lipinski definition) is 6. The number of aromatic nitrogens is 4. The maximum absolute atomic E-state index is 12.4. The minimum absolute atomic E-state index is 0.313. The molecule has 0 saturated heterocycles. The average Bonchev–Trinajstić information content (AvgIpc) is 4.16. The Morgan fingerprint density at radius 3 is 1.66 bits per heavy atom. The van der Waals surface area contributed by atoms with E-state index in [0.717, 1.165) is 43.5 Å². The molecule has 0 radical (unpaired) electrons. The fraction of sp³-hybridized carbons (Fsp3) is 0.277. The lowest BCUT2D eigenvalue weighted by Gasteiger charge is -2.10. The first-order valence-electron chi connectivity index (χ1n) is 19.1. The number of esters is 2. The van der Waals surface area contributed by atoms with E-state index in [9.17, 15) is 9.59 Å². The van der Waals surface area contributed by atoms with Crippen LogP contribution in [0.5, 0.6) is 0 Å². The van der Waals surface area contributed by atoms with Crippen LogP contribution in [0.2, 0.25) is 0 Å². The molecule has 56 heavy (non-hydrogen) atoms. The Bertz CT molecular complexity index is 2610. The molecule has 4 heterocycles. The van der Waals surface area contributed by atoms with Gasteiger partial charge in [0.15, 0.2) is 0 Å². The highest BCUT2D eigenvalue weighted by Gasteiger charge is 2.27. The van der Waals surface area contributed by atoms with Gasteiger partial charge in [0.05, 0.1) is 36.7 Å². The predicted molar refractivity (Wildman–Crippen MR) is 224 cm³/mol. The van der Waals surface area contributed by atoms with Crippen molar-refractivity contribution in [2.45, 2.75) is 57.3 Å². The highest BCUT2D eigenvalue weighted by Crippen LogP contribution is 2.41. The van der Waals surface area contributed by atoms with Gasteiger partial charge in [0.25, 0.3) is 0 Å². The lowest BCUT2D eigenvalue weighted by Crippen LogP contribution is -2.09. The number of nitrogens with zero attached hydrogens (tertiary/aromatic N) is 4. The second-order valence-electron chi connectivity index (χ2n) is 15.2. The van der Waals surface area contributed by atoms with Crippen molar-refractivity contribution in [3.63, 3.8) is 0 Å². The van der Waals surface area contributed by atoms with Crippen molar-refractivity contribution < 1.29 is 19.1 Å². The van der Waals surface area contributed by atoms with E-state index in [2.05, 4.69) is 122 Å². The molecule has 8 nitrogen and oxygen atoms in total. The molecule has 3 aromatic carbocycles. The molecule has 0 spiro atoms. The Labute approximate surface area is 335 Å². The summed E-state index contributed by atoms with van der Waals surface area (Å²) in [5.74, 6) is 0.474. The second-order valence-corrected chi connectivity index (χ2v) is 16.1. The molecule has 0 unspecified atom stereocenters. The predicted octanol–water partition coefficient (Wildman–Crippen LogP) is 10.4. The van der Waals surface area contributed by atoms with Crippen LogP contribution in [-0.4, -0.2) is 45.3 Å². The number of ether oxygens (including phenoxy) is 2. The van der Waals surface area contributed by atoms with Crippen molar-refractivity contribution in [1.82, 2.24) is 19.1 Å². The molecule has 2 aliphatic rings. The van der Waals surface area contributed by atoms with Gasteiger partial charge < -0.3 is 18.6 Å². The summed E-state index contributed by atoms with van der Waals surface area (Å²) in [6, 6.07) is 25.4. The summed E-state index contributed by atoms with van der Waals surface area (Å²) >= 11 is 3.61. The SMILES string of the molecule is COC(=O)c1cc(C2CC2)cnc1Cc1ccc2c(c1)c(-c1ccc(C)cc1)cn2C.COC(=O)c1cc(C2CC2)cnc1Cc1ccc2c(c1)c(Br)cn2C. The molecular formula is C47H45BrN4O4. The highest BCUT2D eigenvalue weighted by molar-refractivity contribution is 9.10. The van der Waals surface area contributed by atoms with E-state index >= 15 is 0 Å². The van der Waals surface area contributed by atoms with Gasteiger partial charge in [-0.05, 0) is 125 Å². The molecule has 2 aliphatic carbocycles. The van der Waals surface area contributed by atoms with Crippen molar-refractivity contribution in [1.29, 1.82) is 0 Å². The minimum Gasteiger partial charge on any atom is -0.465 e. The van der Waals surface area contributed by atoms with Gasteiger partial charge in [0.1, 0.15) is 0 Å². The van der Waals surface area contributed by atoms with Gasteiger partial charge in [0.2, 0.25) is 0 Å². The maximum atomic E-state index is 12.4. The molecule has 0 atom stereocenters. The molecule has 0 N–H and O–H groups in total. The van der Waals surface area contributed by atoms with Crippen LogP contribution < -0.4 is 0 Å². The van der Waals surface area contributed by atoms with Gasteiger partial charge in [-0.25, -0.2) is 9.59 Å². The standard InChI is InChI=1S/C27H26N2O2.C20H19BrN2O2/c1-17-4-7-20(8-5-17)24-16-29(2)26-11-6-18(12-22(24)26)13-25-23(27(30)31-3)14-21(15-28-25)19-9-10-19;1-23-11-17(21)15-7-12(3-6-19(15)23)8-18-16(20(24)25-2)9-14(10-22-18)13-4-5-13/h4-8,11-12,14-16,19H,9-10,13H2,1-3H3;3,6-7,9-11,13H,4-5,8H2,1-2H3. The Hall–Kier alpha value is -5.54. The molecule has 0 amide bonds. The summed E-state index contributed by atoms with van der Waals surface area (Å²) in [5, 5.41) is 2.37. The normalized spacial score (nSPS) is 13.8.